The van der Waals surface area contributed by atoms with Crippen molar-refractivity contribution in [3.05, 3.63) is 24.8 Å². The first-order chi connectivity index (χ1) is 3.62. The van der Waals surface area contributed by atoms with Gasteiger partial charge in [0.05, 0.1) is 11.7 Å². The van der Waals surface area contributed by atoms with Gasteiger partial charge in [-0.25, -0.2) is 0 Å². The predicted octanol–water partition coefficient (Wildman–Crippen LogP) is -2.26. The van der Waals surface area contributed by atoms with E-state index in [1.807, 2.05) is 0 Å². The van der Waals surface area contributed by atoms with Crippen LogP contribution in [0.1, 0.15) is 1.43 Å². The Morgan fingerprint density at radius 3 is 2.00 bits per heavy atom. The van der Waals surface area contributed by atoms with E-state index in [0.717, 1.165) is 6.26 Å². The molecule has 0 aromatic heterocycles. The van der Waals surface area contributed by atoms with Crippen LogP contribution in [0, 0.1) is 0 Å². The molecule has 0 spiro atoms. The van der Waals surface area contributed by atoms with Crippen molar-refractivity contribution in [2.24, 2.45) is 0 Å². The molecule has 0 aliphatic carbocycles. The van der Waals surface area contributed by atoms with Crippen molar-refractivity contribution in [1.82, 2.24) is 0 Å². The van der Waals surface area contributed by atoms with Gasteiger partial charge in [0.15, 0.2) is 0 Å². The minimum atomic E-state index is -3.52. The van der Waals surface area contributed by atoms with E-state index in [1.54, 1.807) is 0 Å². The molecule has 0 aromatic rings. The molecule has 0 amide bonds. The number of rotatable bonds is 3. The van der Waals surface area contributed by atoms with Crippen molar-refractivity contribution < 1.29 is 43.6 Å². The molecule has 0 bridgehead atoms. The quantitative estimate of drug-likeness (QED) is 0.264. The third-order valence-electron chi connectivity index (χ3n) is 0.406. The summed E-state index contributed by atoms with van der Waals surface area (Å²) in [6, 6.07) is 0. The van der Waals surface area contributed by atoms with Gasteiger partial charge in [-0.1, -0.05) is 13.2 Å². The zero-order valence-electron chi connectivity index (χ0n) is 6.20. The molecule has 0 rings (SSSR count). The van der Waals surface area contributed by atoms with Gasteiger partial charge in [0.25, 0.3) is 0 Å². The molecule has 0 aromatic carbocycles. The molecule has 0 aliphatic rings. The monoisotopic (exact) mass is 158 g/mol. The molecule has 0 saturated carbocycles. The Bertz CT molecular complexity index is 187. The average Bonchev–Trinajstić information content (AvgIpc) is 1.67. The summed E-state index contributed by atoms with van der Waals surface area (Å²) in [4.78, 5) is 0. The van der Waals surface area contributed by atoms with Crippen LogP contribution in [0.4, 0.5) is 0 Å². The fourth-order valence-corrected chi connectivity index (χ4v) is 0.402. The van der Waals surface area contributed by atoms with Gasteiger partial charge in [0, 0.05) is 0 Å². The van der Waals surface area contributed by atoms with Crippen molar-refractivity contribution in [2.45, 2.75) is 0 Å². The van der Waals surface area contributed by atoms with E-state index in [4.69, 9.17) is 0 Å². The summed E-state index contributed by atoms with van der Waals surface area (Å²) in [7, 11) is -3.52. The summed E-state index contributed by atoms with van der Waals surface area (Å²) in [5, 5.41) is 0.703. The van der Waals surface area contributed by atoms with Crippen LogP contribution in [-0.4, -0.2) is 8.42 Å². The van der Waals surface area contributed by atoms with Crippen LogP contribution >= 0.6 is 0 Å². The number of hydrogen-bond acceptors (Lipinski definition) is 3. The maximum atomic E-state index is 10.2. The SMILES string of the molecule is C=COS(=O)(=O)C=C.[H-].[Na+]. The molecular weight excluding hydrogens is 151 g/mol. The van der Waals surface area contributed by atoms with Crippen LogP contribution in [0.5, 0.6) is 0 Å². The molecule has 0 atom stereocenters. The van der Waals surface area contributed by atoms with Crippen molar-refractivity contribution >= 4 is 10.1 Å². The zero-order valence-corrected chi connectivity index (χ0v) is 8.02. The van der Waals surface area contributed by atoms with E-state index in [1.165, 1.54) is 0 Å². The van der Waals surface area contributed by atoms with Crippen LogP contribution in [0.15, 0.2) is 24.8 Å². The van der Waals surface area contributed by atoms with Gasteiger partial charge in [-0.3, -0.25) is 0 Å². The van der Waals surface area contributed by atoms with E-state index in [9.17, 15) is 8.42 Å². The summed E-state index contributed by atoms with van der Waals surface area (Å²) in [5.74, 6) is 0. The Labute approximate surface area is 78.3 Å². The van der Waals surface area contributed by atoms with E-state index >= 15 is 0 Å². The van der Waals surface area contributed by atoms with Gasteiger partial charge in [0.2, 0.25) is 0 Å². The molecule has 0 radical (unpaired) electrons. The first-order valence-electron chi connectivity index (χ1n) is 1.79. The standard InChI is InChI=1S/C4H6O3S.Na.H/c1-3-7-8(5,6)4-2;;/h3-4H,1-2H2;;/q;+1;-1. The Kier molecular flexibility index (Phi) is 6.71. The van der Waals surface area contributed by atoms with Gasteiger partial charge in [0.1, 0.15) is 0 Å². The molecule has 0 saturated heterocycles. The molecule has 9 heavy (non-hydrogen) atoms. The predicted molar refractivity (Wildman–Crippen MR) is 31.5 cm³/mol. The summed E-state index contributed by atoms with van der Waals surface area (Å²) >= 11 is 0. The van der Waals surface area contributed by atoms with E-state index in [0.29, 0.717) is 5.41 Å². The summed E-state index contributed by atoms with van der Waals surface area (Å²) in [6.07, 6.45) is 0.830. The van der Waals surface area contributed by atoms with Crippen molar-refractivity contribution in [3.63, 3.8) is 0 Å². The molecule has 48 valence electrons. The third kappa shape index (κ3) is 6.11. The topological polar surface area (TPSA) is 43.4 Å². The first kappa shape index (κ1) is 12.0. The maximum absolute atomic E-state index is 10.2. The van der Waals surface area contributed by atoms with E-state index < -0.39 is 10.1 Å². The van der Waals surface area contributed by atoms with Crippen LogP contribution < -0.4 is 29.6 Å². The van der Waals surface area contributed by atoms with Crippen molar-refractivity contribution in [3.8, 4) is 0 Å². The van der Waals surface area contributed by atoms with Crippen LogP contribution in [0.25, 0.3) is 0 Å². The average molecular weight is 158 g/mol. The molecule has 0 fully saturated rings. The molecule has 0 aliphatic heterocycles. The van der Waals surface area contributed by atoms with Crippen molar-refractivity contribution in [2.75, 3.05) is 0 Å². The largest absolute Gasteiger partial charge is 1.00 e. The molecule has 0 N–H and O–H groups in total. The first-order valence-corrected chi connectivity index (χ1v) is 3.26. The van der Waals surface area contributed by atoms with Crippen LogP contribution in [0.2, 0.25) is 0 Å². The minimum absolute atomic E-state index is 0. The Balaban J connectivity index is -0.000000245. The Morgan fingerprint density at radius 1 is 1.44 bits per heavy atom. The van der Waals surface area contributed by atoms with Gasteiger partial charge >= 0.3 is 39.7 Å². The van der Waals surface area contributed by atoms with E-state index in [-0.39, 0.29) is 31.0 Å². The van der Waals surface area contributed by atoms with Crippen LogP contribution in [-0.2, 0) is 14.3 Å². The number of hydrogen-bond donors (Lipinski definition) is 0. The normalized spacial score (nSPS) is 8.89. The Hall–Kier alpha value is 0.230. The smallest absolute Gasteiger partial charge is 1.00 e. The third-order valence-corrected chi connectivity index (χ3v) is 1.22. The maximum Gasteiger partial charge on any atom is 1.00 e. The van der Waals surface area contributed by atoms with Gasteiger partial charge in [-0.15, -0.1) is 0 Å². The molecule has 0 heterocycles. The van der Waals surface area contributed by atoms with Crippen molar-refractivity contribution in [1.29, 1.82) is 0 Å². The fraction of sp³-hybridized carbons (Fsp3) is 0. The summed E-state index contributed by atoms with van der Waals surface area (Å²) in [5.41, 5.74) is 0. The Morgan fingerprint density at radius 2 is 1.89 bits per heavy atom. The summed E-state index contributed by atoms with van der Waals surface area (Å²) in [6.45, 7) is 6.03. The molecule has 3 nitrogen and oxygen atoms in total. The van der Waals surface area contributed by atoms with Gasteiger partial charge in [-0.2, -0.15) is 8.42 Å². The summed E-state index contributed by atoms with van der Waals surface area (Å²) < 4.78 is 24.4. The molecule has 0 unspecified atom stereocenters. The van der Waals surface area contributed by atoms with Gasteiger partial charge < -0.3 is 5.61 Å². The molecule has 5 heteroatoms. The zero-order chi connectivity index (χ0) is 6.62. The minimum Gasteiger partial charge on any atom is -1.00 e. The second-order valence-corrected chi connectivity index (χ2v) is 2.43. The van der Waals surface area contributed by atoms with Gasteiger partial charge in [-0.05, 0) is 0 Å². The molecular formula is C4H7NaO3S. The second-order valence-electron chi connectivity index (χ2n) is 0.922. The van der Waals surface area contributed by atoms with E-state index in [2.05, 4.69) is 17.3 Å². The fourth-order valence-electron chi connectivity index (χ4n) is 0.134. The van der Waals surface area contributed by atoms with Crippen LogP contribution in [0.3, 0.4) is 0 Å². The second kappa shape index (κ2) is 5.05.